The molecule has 0 aromatic carbocycles. The predicted molar refractivity (Wildman–Crippen MR) is 73.9 cm³/mol. The molecular formula is C13H19N3O3S. The zero-order chi connectivity index (χ0) is 14.2. The Kier molecular flexibility index (Phi) is 3.64. The highest BCUT2D eigenvalue weighted by Crippen LogP contribution is 2.32. The van der Waals surface area contributed by atoms with E-state index in [1.807, 2.05) is 13.0 Å². The number of ether oxygens (including phenoxy) is 1. The number of aryl methyl sites for hydroxylation is 1. The van der Waals surface area contributed by atoms with E-state index in [9.17, 15) is 8.42 Å². The van der Waals surface area contributed by atoms with Gasteiger partial charge < -0.3 is 4.74 Å². The van der Waals surface area contributed by atoms with Crippen LogP contribution in [-0.4, -0.2) is 47.4 Å². The van der Waals surface area contributed by atoms with E-state index in [0.29, 0.717) is 19.0 Å². The minimum Gasteiger partial charge on any atom is -0.472 e. The van der Waals surface area contributed by atoms with Gasteiger partial charge in [0.15, 0.2) is 0 Å². The van der Waals surface area contributed by atoms with Crippen LogP contribution in [0, 0.1) is 6.92 Å². The van der Waals surface area contributed by atoms with E-state index < -0.39 is 10.0 Å². The molecule has 1 saturated heterocycles. The van der Waals surface area contributed by atoms with Gasteiger partial charge in [0.25, 0.3) is 0 Å². The maximum absolute atomic E-state index is 12.2. The average molecular weight is 297 g/mol. The van der Waals surface area contributed by atoms with Crippen molar-refractivity contribution in [1.82, 2.24) is 14.5 Å². The topological polar surface area (TPSA) is 72.4 Å². The second-order valence-corrected chi connectivity index (χ2v) is 7.71. The van der Waals surface area contributed by atoms with Crippen LogP contribution in [0.1, 0.15) is 31.4 Å². The van der Waals surface area contributed by atoms with Gasteiger partial charge in [-0.05, 0) is 38.7 Å². The monoisotopic (exact) mass is 297 g/mol. The molecule has 1 aromatic rings. The molecule has 0 N–H and O–H groups in total. The number of rotatable bonds is 4. The molecular weight excluding hydrogens is 278 g/mol. The van der Waals surface area contributed by atoms with Gasteiger partial charge in [-0.25, -0.2) is 8.42 Å². The highest BCUT2D eigenvalue weighted by molar-refractivity contribution is 7.90. The summed E-state index contributed by atoms with van der Waals surface area (Å²) in [5, 5.41) is 7.76. The van der Waals surface area contributed by atoms with Crippen molar-refractivity contribution in [2.24, 2.45) is 0 Å². The summed E-state index contributed by atoms with van der Waals surface area (Å²) < 4.78 is 31.8. The first-order chi connectivity index (χ1) is 9.55. The molecule has 20 heavy (non-hydrogen) atoms. The molecule has 110 valence electrons. The lowest BCUT2D eigenvalue weighted by Gasteiger charge is -2.31. The highest BCUT2D eigenvalue weighted by atomic mass is 32.2. The van der Waals surface area contributed by atoms with Crippen LogP contribution in [0.5, 0.6) is 5.88 Å². The molecule has 2 fully saturated rings. The van der Waals surface area contributed by atoms with Gasteiger partial charge in [0, 0.05) is 12.6 Å². The Morgan fingerprint density at radius 1 is 1.25 bits per heavy atom. The summed E-state index contributed by atoms with van der Waals surface area (Å²) >= 11 is 0. The lowest BCUT2D eigenvalue weighted by Crippen LogP contribution is -2.45. The van der Waals surface area contributed by atoms with Gasteiger partial charge in [0.2, 0.25) is 15.9 Å². The number of piperidine rings is 1. The molecule has 1 saturated carbocycles. The normalized spacial score (nSPS) is 24.6. The van der Waals surface area contributed by atoms with Crippen molar-refractivity contribution in [3.63, 3.8) is 0 Å². The van der Waals surface area contributed by atoms with E-state index >= 15 is 0 Å². The summed E-state index contributed by atoms with van der Waals surface area (Å²) in [7, 11) is -3.10. The molecule has 0 amide bonds. The Balaban J connectivity index is 1.64. The van der Waals surface area contributed by atoms with E-state index in [0.717, 1.165) is 31.4 Å². The molecule has 2 heterocycles. The first-order valence-electron chi connectivity index (χ1n) is 7.01. The predicted octanol–water partition coefficient (Wildman–Crippen LogP) is 1.12. The molecule has 0 spiro atoms. The molecule has 1 atom stereocenters. The second-order valence-electron chi connectivity index (χ2n) is 5.50. The van der Waals surface area contributed by atoms with Gasteiger partial charge in [0.05, 0.1) is 17.5 Å². The first-order valence-corrected chi connectivity index (χ1v) is 8.52. The molecule has 1 aliphatic heterocycles. The van der Waals surface area contributed by atoms with E-state index in [1.165, 1.54) is 0 Å². The number of aromatic nitrogens is 2. The maximum atomic E-state index is 12.2. The Bertz CT molecular complexity index is 569. The zero-order valence-corrected chi connectivity index (χ0v) is 12.3. The van der Waals surface area contributed by atoms with Crippen LogP contribution in [0.3, 0.4) is 0 Å². The minimum absolute atomic E-state index is 0.130. The average Bonchev–Trinajstić information content (AvgIpc) is 3.27. The summed E-state index contributed by atoms with van der Waals surface area (Å²) in [4.78, 5) is 0. The zero-order valence-electron chi connectivity index (χ0n) is 11.5. The third kappa shape index (κ3) is 2.93. The van der Waals surface area contributed by atoms with Crippen LogP contribution >= 0.6 is 0 Å². The summed E-state index contributed by atoms with van der Waals surface area (Å²) in [6.45, 7) is 2.90. The van der Waals surface area contributed by atoms with Crippen LogP contribution in [0.15, 0.2) is 12.1 Å². The smallest absolute Gasteiger partial charge is 0.233 e. The van der Waals surface area contributed by atoms with Crippen molar-refractivity contribution in [1.29, 1.82) is 0 Å². The fourth-order valence-electron chi connectivity index (χ4n) is 2.43. The first kappa shape index (κ1) is 13.8. The van der Waals surface area contributed by atoms with Gasteiger partial charge in [-0.15, -0.1) is 5.10 Å². The van der Waals surface area contributed by atoms with Gasteiger partial charge >= 0.3 is 0 Å². The fourth-order valence-corrected chi connectivity index (χ4v) is 4.34. The number of sulfonamides is 1. The van der Waals surface area contributed by atoms with Crippen LogP contribution in [0.25, 0.3) is 0 Å². The number of hydrogen-bond donors (Lipinski definition) is 0. The minimum atomic E-state index is -3.10. The molecule has 7 heteroatoms. The van der Waals surface area contributed by atoms with E-state index in [2.05, 4.69) is 10.2 Å². The standard InChI is InChI=1S/C13H19N3O3S/c1-10-4-7-13(15-14-10)19-11-3-2-8-16(9-11)20(17,18)12-5-6-12/h4,7,11-12H,2-3,5-6,8-9H2,1H3. The lowest BCUT2D eigenvalue weighted by atomic mass is 10.1. The Morgan fingerprint density at radius 3 is 2.70 bits per heavy atom. The molecule has 1 aromatic heterocycles. The molecule has 3 rings (SSSR count). The molecule has 2 aliphatic rings. The number of hydrogen-bond acceptors (Lipinski definition) is 5. The van der Waals surface area contributed by atoms with Crippen molar-refractivity contribution in [3.05, 3.63) is 17.8 Å². The quantitative estimate of drug-likeness (QED) is 0.832. The highest BCUT2D eigenvalue weighted by Gasteiger charge is 2.41. The lowest BCUT2D eigenvalue weighted by molar-refractivity contribution is 0.123. The van der Waals surface area contributed by atoms with E-state index in [-0.39, 0.29) is 11.4 Å². The third-order valence-electron chi connectivity index (χ3n) is 3.71. The molecule has 0 bridgehead atoms. The second kappa shape index (κ2) is 5.29. The summed E-state index contributed by atoms with van der Waals surface area (Å²) in [5.41, 5.74) is 0.832. The van der Waals surface area contributed by atoms with Gasteiger partial charge in [-0.2, -0.15) is 9.40 Å². The largest absolute Gasteiger partial charge is 0.472 e. The third-order valence-corrected chi connectivity index (χ3v) is 6.07. The van der Waals surface area contributed by atoms with Crippen molar-refractivity contribution in [3.8, 4) is 5.88 Å². The summed E-state index contributed by atoms with van der Waals surface area (Å²) in [5.74, 6) is 0.464. The Labute approximate surface area is 119 Å². The molecule has 0 radical (unpaired) electrons. The van der Waals surface area contributed by atoms with E-state index in [4.69, 9.17) is 4.74 Å². The molecule has 1 aliphatic carbocycles. The van der Waals surface area contributed by atoms with Gasteiger partial charge in [-0.3, -0.25) is 0 Å². The Hall–Kier alpha value is -1.21. The molecule has 6 nitrogen and oxygen atoms in total. The van der Waals surface area contributed by atoms with Crippen molar-refractivity contribution in [2.45, 2.75) is 44.0 Å². The van der Waals surface area contributed by atoms with Crippen LogP contribution in [0.4, 0.5) is 0 Å². The van der Waals surface area contributed by atoms with Crippen LogP contribution < -0.4 is 4.74 Å². The van der Waals surface area contributed by atoms with Crippen molar-refractivity contribution in [2.75, 3.05) is 13.1 Å². The van der Waals surface area contributed by atoms with E-state index in [1.54, 1.807) is 10.4 Å². The van der Waals surface area contributed by atoms with Crippen molar-refractivity contribution < 1.29 is 13.2 Å². The van der Waals surface area contributed by atoms with Crippen LogP contribution in [0.2, 0.25) is 0 Å². The van der Waals surface area contributed by atoms with Crippen molar-refractivity contribution >= 4 is 10.0 Å². The van der Waals surface area contributed by atoms with Gasteiger partial charge in [0.1, 0.15) is 6.10 Å². The Morgan fingerprint density at radius 2 is 2.05 bits per heavy atom. The maximum Gasteiger partial charge on any atom is 0.233 e. The van der Waals surface area contributed by atoms with Crippen LogP contribution in [-0.2, 0) is 10.0 Å². The van der Waals surface area contributed by atoms with Gasteiger partial charge in [-0.1, -0.05) is 0 Å². The number of nitrogens with zero attached hydrogens (tertiary/aromatic N) is 3. The summed E-state index contributed by atoms with van der Waals surface area (Å²) in [6, 6.07) is 3.61. The fraction of sp³-hybridized carbons (Fsp3) is 0.692. The molecule has 1 unspecified atom stereocenters. The summed E-state index contributed by atoms with van der Waals surface area (Å²) in [6.07, 6.45) is 3.15. The SMILES string of the molecule is Cc1ccc(OC2CCCN(S(=O)(=O)C3CC3)C2)nn1.